The third-order valence-electron chi connectivity index (χ3n) is 4.92. The third kappa shape index (κ3) is 1.96. The van der Waals surface area contributed by atoms with Crippen molar-refractivity contribution in [1.29, 1.82) is 0 Å². The lowest BCUT2D eigenvalue weighted by molar-refractivity contribution is -0.147. The second-order valence-electron chi connectivity index (χ2n) is 6.02. The van der Waals surface area contributed by atoms with Crippen LogP contribution in [0.4, 0.5) is 0 Å². The topological polar surface area (TPSA) is 57.5 Å². The van der Waals surface area contributed by atoms with Crippen molar-refractivity contribution in [1.82, 2.24) is 0 Å². The summed E-state index contributed by atoms with van der Waals surface area (Å²) < 4.78 is 0.640. The van der Waals surface area contributed by atoms with Crippen LogP contribution >= 0.6 is 15.9 Å². The summed E-state index contributed by atoms with van der Waals surface area (Å²) in [5.74, 6) is -0.642. The predicted molar refractivity (Wildman–Crippen MR) is 80.2 cm³/mol. The van der Waals surface area contributed by atoms with Gasteiger partial charge in [0, 0.05) is 5.56 Å². The molecule has 2 aliphatic carbocycles. The molecular formula is C16H19BrO3. The molecule has 0 aliphatic heterocycles. The molecule has 0 saturated heterocycles. The van der Waals surface area contributed by atoms with Crippen LogP contribution < -0.4 is 0 Å². The molecule has 1 saturated carbocycles. The van der Waals surface area contributed by atoms with Crippen molar-refractivity contribution in [2.45, 2.75) is 56.8 Å². The minimum atomic E-state index is -0.859. The molecule has 0 radical (unpaired) electrons. The number of phenolic OH excluding ortho intramolecular Hbond substituents is 1. The second-order valence-corrected chi connectivity index (χ2v) is 6.88. The van der Waals surface area contributed by atoms with Crippen molar-refractivity contribution in [3.8, 4) is 5.75 Å². The minimum absolute atomic E-state index is 0.146. The number of benzene rings is 1. The summed E-state index contributed by atoms with van der Waals surface area (Å²) in [6.45, 7) is 0. The van der Waals surface area contributed by atoms with E-state index in [-0.39, 0.29) is 5.75 Å². The van der Waals surface area contributed by atoms with Crippen LogP contribution in [0.1, 0.15) is 55.2 Å². The first-order valence-electron chi connectivity index (χ1n) is 7.33. The molecule has 0 heterocycles. The smallest absolute Gasteiger partial charge is 0.314 e. The number of fused-ring (bicyclic) bond motifs is 1. The quantitative estimate of drug-likeness (QED) is 0.803. The molecule has 3 rings (SSSR count). The normalized spacial score (nSPS) is 20.6. The molecule has 1 aromatic carbocycles. The molecule has 0 atom stereocenters. The molecule has 1 fully saturated rings. The van der Waals surface area contributed by atoms with Crippen LogP contribution in [0.25, 0.3) is 0 Å². The van der Waals surface area contributed by atoms with E-state index in [9.17, 15) is 15.0 Å². The summed E-state index contributed by atoms with van der Waals surface area (Å²) in [6.07, 6.45) is 7.47. The first kappa shape index (κ1) is 13.9. The molecule has 2 aliphatic rings. The summed E-state index contributed by atoms with van der Waals surface area (Å²) in [6, 6.07) is 1.98. The van der Waals surface area contributed by atoms with Gasteiger partial charge in [0.05, 0.1) is 9.89 Å². The number of hydrogen-bond acceptors (Lipinski definition) is 2. The summed E-state index contributed by atoms with van der Waals surface area (Å²) >= 11 is 3.40. The van der Waals surface area contributed by atoms with Crippen LogP contribution in [0.15, 0.2) is 10.5 Å². The zero-order valence-corrected chi connectivity index (χ0v) is 13.0. The Balaban J connectivity index is 2.23. The Morgan fingerprint density at radius 3 is 2.45 bits per heavy atom. The zero-order valence-electron chi connectivity index (χ0n) is 11.4. The highest BCUT2D eigenvalue weighted by Gasteiger charge is 2.49. The van der Waals surface area contributed by atoms with Gasteiger partial charge >= 0.3 is 5.97 Å². The van der Waals surface area contributed by atoms with Gasteiger partial charge in [-0.1, -0.05) is 12.8 Å². The zero-order chi connectivity index (χ0) is 14.3. The highest BCUT2D eigenvalue weighted by atomic mass is 79.9. The monoisotopic (exact) mass is 338 g/mol. The highest BCUT2D eigenvalue weighted by molar-refractivity contribution is 9.10. The van der Waals surface area contributed by atoms with E-state index in [1.165, 1.54) is 12.0 Å². The SMILES string of the molecule is O=C(O)C1(c2c(O)c(Br)cc3c2CCCCC3)CCC1. The molecule has 2 N–H and O–H groups in total. The van der Waals surface area contributed by atoms with Crippen LogP contribution in [0.3, 0.4) is 0 Å². The van der Waals surface area contributed by atoms with Crippen LogP contribution in [0.2, 0.25) is 0 Å². The number of aromatic hydroxyl groups is 1. The Labute approximate surface area is 127 Å². The fourth-order valence-corrected chi connectivity index (χ4v) is 4.13. The molecule has 0 bridgehead atoms. The van der Waals surface area contributed by atoms with Crippen molar-refractivity contribution in [2.24, 2.45) is 0 Å². The molecular weight excluding hydrogens is 320 g/mol. The summed E-state index contributed by atoms with van der Waals surface area (Å²) in [4.78, 5) is 11.8. The third-order valence-corrected chi connectivity index (χ3v) is 5.53. The molecule has 0 amide bonds. The van der Waals surface area contributed by atoms with E-state index in [0.29, 0.717) is 22.9 Å². The van der Waals surface area contributed by atoms with Gasteiger partial charge in [-0.2, -0.15) is 0 Å². The van der Waals surface area contributed by atoms with Crippen molar-refractivity contribution in [3.63, 3.8) is 0 Å². The van der Waals surface area contributed by atoms with Crippen molar-refractivity contribution in [3.05, 3.63) is 27.2 Å². The average Bonchev–Trinajstić information content (AvgIpc) is 2.57. The number of phenols is 1. The average molecular weight is 339 g/mol. The Morgan fingerprint density at radius 1 is 1.15 bits per heavy atom. The second kappa shape index (κ2) is 5.06. The Morgan fingerprint density at radius 2 is 1.85 bits per heavy atom. The summed E-state index contributed by atoms with van der Waals surface area (Å²) in [5, 5.41) is 20.2. The fraction of sp³-hybridized carbons (Fsp3) is 0.562. The van der Waals surface area contributed by atoms with Gasteiger partial charge in [-0.05, 0) is 71.6 Å². The van der Waals surface area contributed by atoms with Crippen molar-refractivity contribution < 1.29 is 15.0 Å². The number of hydrogen-bond donors (Lipinski definition) is 2. The van der Waals surface area contributed by atoms with Gasteiger partial charge in [0.1, 0.15) is 5.75 Å². The van der Waals surface area contributed by atoms with Gasteiger partial charge < -0.3 is 10.2 Å². The summed E-state index contributed by atoms with van der Waals surface area (Å²) in [5.41, 5.74) is 2.16. The number of carboxylic acids is 1. The lowest BCUT2D eigenvalue weighted by atomic mass is 9.62. The van der Waals surface area contributed by atoms with E-state index in [1.807, 2.05) is 6.07 Å². The largest absolute Gasteiger partial charge is 0.506 e. The molecule has 0 aromatic heterocycles. The van der Waals surface area contributed by atoms with Gasteiger partial charge in [0.15, 0.2) is 0 Å². The van der Waals surface area contributed by atoms with Gasteiger partial charge in [-0.3, -0.25) is 4.79 Å². The predicted octanol–water partition coefficient (Wildman–Crippen LogP) is 3.93. The lowest BCUT2D eigenvalue weighted by Crippen LogP contribution is -2.43. The maximum absolute atomic E-state index is 11.8. The standard InChI is InChI=1S/C16H19BrO3/c17-12-9-10-5-2-1-3-6-11(10)13(14(12)18)16(15(19)20)7-4-8-16/h9,18H,1-8H2,(H,19,20). The maximum Gasteiger partial charge on any atom is 0.314 e. The molecule has 3 nitrogen and oxygen atoms in total. The first-order valence-corrected chi connectivity index (χ1v) is 8.12. The minimum Gasteiger partial charge on any atom is -0.506 e. The van der Waals surface area contributed by atoms with Crippen LogP contribution in [0, 0.1) is 0 Å². The number of halogens is 1. The van der Waals surface area contributed by atoms with E-state index in [4.69, 9.17) is 0 Å². The number of aryl methyl sites for hydroxylation is 1. The van der Waals surface area contributed by atoms with Gasteiger partial charge in [0.25, 0.3) is 0 Å². The van der Waals surface area contributed by atoms with Crippen molar-refractivity contribution in [2.75, 3.05) is 0 Å². The first-order chi connectivity index (χ1) is 9.56. The van der Waals surface area contributed by atoms with E-state index in [0.717, 1.165) is 37.7 Å². The Kier molecular flexibility index (Phi) is 3.53. The van der Waals surface area contributed by atoms with Crippen LogP contribution in [-0.4, -0.2) is 16.2 Å². The van der Waals surface area contributed by atoms with Gasteiger partial charge in [-0.25, -0.2) is 0 Å². The number of aliphatic carboxylic acids is 1. The lowest BCUT2D eigenvalue weighted by Gasteiger charge is -2.40. The van der Waals surface area contributed by atoms with Gasteiger partial charge in [0.2, 0.25) is 0 Å². The van der Waals surface area contributed by atoms with E-state index in [1.54, 1.807) is 0 Å². The Hall–Kier alpha value is -1.03. The fourth-order valence-electron chi connectivity index (χ4n) is 3.65. The summed E-state index contributed by atoms with van der Waals surface area (Å²) in [7, 11) is 0. The molecule has 1 aromatic rings. The number of carbonyl (C=O) groups is 1. The molecule has 20 heavy (non-hydrogen) atoms. The van der Waals surface area contributed by atoms with E-state index in [2.05, 4.69) is 15.9 Å². The van der Waals surface area contributed by atoms with E-state index < -0.39 is 11.4 Å². The van der Waals surface area contributed by atoms with Crippen LogP contribution in [-0.2, 0) is 23.1 Å². The van der Waals surface area contributed by atoms with Gasteiger partial charge in [-0.15, -0.1) is 0 Å². The van der Waals surface area contributed by atoms with E-state index >= 15 is 0 Å². The molecule has 4 heteroatoms. The molecule has 0 unspecified atom stereocenters. The van der Waals surface area contributed by atoms with Crippen molar-refractivity contribution >= 4 is 21.9 Å². The number of carboxylic acid groups (broad SMARTS) is 1. The number of rotatable bonds is 2. The molecule has 108 valence electrons. The highest BCUT2D eigenvalue weighted by Crippen LogP contribution is 2.51. The molecule has 0 spiro atoms. The Bertz CT molecular complexity index is 561. The maximum atomic E-state index is 11.8. The van der Waals surface area contributed by atoms with Crippen LogP contribution in [0.5, 0.6) is 5.75 Å².